The topological polar surface area (TPSA) is 57.7 Å². The van der Waals surface area contributed by atoms with Crippen molar-refractivity contribution in [2.75, 3.05) is 23.7 Å². The number of amides is 1. The first-order valence-electron chi connectivity index (χ1n) is 7.89. The van der Waals surface area contributed by atoms with Crippen molar-refractivity contribution in [3.8, 4) is 0 Å². The molecule has 1 saturated heterocycles. The smallest absolute Gasteiger partial charge is 0.246 e. The Kier molecular flexibility index (Phi) is 5.62. The lowest BCUT2D eigenvalue weighted by molar-refractivity contribution is -0.133. The summed E-state index contributed by atoms with van der Waals surface area (Å²) in [5.74, 6) is -0.899. The second-order valence-corrected chi connectivity index (χ2v) is 7.68. The molecule has 1 atom stereocenters. The summed E-state index contributed by atoms with van der Waals surface area (Å²) in [6, 6.07) is 4.73. The van der Waals surface area contributed by atoms with Crippen molar-refractivity contribution in [1.82, 2.24) is 4.90 Å². The van der Waals surface area contributed by atoms with E-state index in [1.165, 1.54) is 18.2 Å². The Bertz CT molecular complexity index is 657. The zero-order valence-electron chi connectivity index (χ0n) is 13.5. The summed E-state index contributed by atoms with van der Waals surface area (Å²) < 4.78 is 39.6. The number of carbonyl (C=O) groups excluding carboxylic acids is 1. The molecule has 0 unspecified atom stereocenters. The van der Waals surface area contributed by atoms with E-state index in [0.717, 1.165) is 29.8 Å². The van der Waals surface area contributed by atoms with E-state index in [0.29, 0.717) is 13.1 Å². The Morgan fingerprint density at radius 3 is 2.39 bits per heavy atom. The monoisotopic (exact) mass is 342 g/mol. The van der Waals surface area contributed by atoms with Crippen molar-refractivity contribution in [3.05, 3.63) is 30.1 Å². The molecule has 23 heavy (non-hydrogen) atoms. The molecule has 1 aliphatic rings. The number of sulfonamides is 1. The number of likely N-dealkylation sites (tertiary alicyclic amines) is 1. The first-order valence-corrected chi connectivity index (χ1v) is 9.73. The summed E-state index contributed by atoms with van der Waals surface area (Å²) in [7, 11) is -3.79. The van der Waals surface area contributed by atoms with Gasteiger partial charge in [-0.15, -0.1) is 0 Å². The van der Waals surface area contributed by atoms with Gasteiger partial charge in [0, 0.05) is 13.1 Å². The van der Waals surface area contributed by atoms with E-state index < -0.39 is 21.9 Å². The fourth-order valence-electron chi connectivity index (χ4n) is 2.97. The van der Waals surface area contributed by atoms with Gasteiger partial charge in [-0.1, -0.05) is 19.1 Å². The molecule has 1 aromatic carbocycles. The highest BCUT2D eigenvalue weighted by atomic mass is 32.2. The third kappa shape index (κ3) is 4.02. The van der Waals surface area contributed by atoms with Crippen LogP contribution in [0.15, 0.2) is 24.3 Å². The molecule has 1 aliphatic heterocycles. The Labute approximate surface area is 137 Å². The number of para-hydroxylation sites is 1. The standard InChI is InChI=1S/C16H23FN2O3S/c1-3-14(16(20)18-11-7-4-8-12-18)19(23(2,21)22)15-10-6-5-9-13(15)17/h5-6,9-10,14H,3-4,7-8,11-12H2,1-2H3/t14-/m0/s1. The molecule has 0 radical (unpaired) electrons. The average Bonchev–Trinajstić information content (AvgIpc) is 2.52. The molecule has 0 N–H and O–H groups in total. The number of anilines is 1. The van der Waals surface area contributed by atoms with Gasteiger partial charge >= 0.3 is 0 Å². The van der Waals surface area contributed by atoms with Gasteiger partial charge in [-0.3, -0.25) is 9.10 Å². The van der Waals surface area contributed by atoms with Crippen LogP contribution in [0.3, 0.4) is 0 Å². The molecular formula is C16H23FN2O3S. The molecule has 1 amide bonds. The minimum atomic E-state index is -3.79. The fraction of sp³-hybridized carbons (Fsp3) is 0.562. The Morgan fingerprint density at radius 2 is 1.87 bits per heavy atom. The number of nitrogens with zero attached hydrogens (tertiary/aromatic N) is 2. The van der Waals surface area contributed by atoms with E-state index >= 15 is 0 Å². The molecular weight excluding hydrogens is 319 g/mol. The maximum Gasteiger partial charge on any atom is 0.246 e. The van der Waals surface area contributed by atoms with E-state index in [9.17, 15) is 17.6 Å². The van der Waals surface area contributed by atoms with Crippen LogP contribution in [0.5, 0.6) is 0 Å². The Morgan fingerprint density at radius 1 is 1.26 bits per heavy atom. The molecule has 0 saturated carbocycles. The Balaban J connectivity index is 2.40. The van der Waals surface area contributed by atoms with Crippen molar-refractivity contribution in [3.63, 3.8) is 0 Å². The van der Waals surface area contributed by atoms with E-state index in [1.54, 1.807) is 17.9 Å². The number of piperidine rings is 1. The van der Waals surface area contributed by atoms with Gasteiger partial charge in [-0.25, -0.2) is 12.8 Å². The lowest BCUT2D eigenvalue weighted by Crippen LogP contribution is -2.52. The third-order valence-corrected chi connectivity index (χ3v) is 5.24. The van der Waals surface area contributed by atoms with Crippen molar-refractivity contribution in [1.29, 1.82) is 0 Å². The minimum Gasteiger partial charge on any atom is -0.341 e. The summed E-state index contributed by atoms with van der Waals surface area (Å²) in [5.41, 5.74) is -0.0767. The molecule has 7 heteroatoms. The normalized spacial score (nSPS) is 16.9. The summed E-state index contributed by atoms with van der Waals surface area (Å²) in [6.45, 7) is 3.00. The van der Waals surface area contributed by atoms with Crippen LogP contribution in [0.4, 0.5) is 10.1 Å². The maximum absolute atomic E-state index is 14.1. The van der Waals surface area contributed by atoms with Gasteiger partial charge < -0.3 is 4.90 Å². The number of hydrogen-bond acceptors (Lipinski definition) is 3. The zero-order valence-corrected chi connectivity index (χ0v) is 14.4. The van der Waals surface area contributed by atoms with E-state index in [2.05, 4.69) is 0 Å². The molecule has 128 valence electrons. The van der Waals surface area contributed by atoms with Crippen LogP contribution in [-0.2, 0) is 14.8 Å². The Hall–Kier alpha value is -1.63. The largest absolute Gasteiger partial charge is 0.341 e. The van der Waals surface area contributed by atoms with Crippen LogP contribution >= 0.6 is 0 Å². The quantitative estimate of drug-likeness (QED) is 0.825. The number of benzene rings is 1. The summed E-state index contributed by atoms with van der Waals surface area (Å²) in [5, 5.41) is 0. The molecule has 1 heterocycles. The van der Waals surface area contributed by atoms with E-state index in [4.69, 9.17) is 0 Å². The van der Waals surface area contributed by atoms with Crippen LogP contribution in [-0.4, -0.2) is 44.6 Å². The van der Waals surface area contributed by atoms with Gasteiger partial charge in [0.25, 0.3) is 0 Å². The third-order valence-electron chi connectivity index (χ3n) is 4.07. The van der Waals surface area contributed by atoms with E-state index in [-0.39, 0.29) is 18.0 Å². The molecule has 0 spiro atoms. The average molecular weight is 342 g/mol. The number of carbonyl (C=O) groups is 1. The van der Waals surface area contributed by atoms with Crippen LogP contribution in [0, 0.1) is 5.82 Å². The second kappa shape index (κ2) is 7.29. The number of halogens is 1. The van der Waals surface area contributed by atoms with E-state index in [1.807, 2.05) is 0 Å². The number of rotatable bonds is 5. The maximum atomic E-state index is 14.1. The highest BCUT2D eigenvalue weighted by Gasteiger charge is 2.35. The van der Waals surface area contributed by atoms with Crippen molar-refractivity contribution in [2.24, 2.45) is 0 Å². The molecule has 5 nitrogen and oxygen atoms in total. The van der Waals surface area contributed by atoms with Crippen LogP contribution < -0.4 is 4.31 Å². The predicted octanol–water partition coefficient (Wildman–Crippen LogP) is 2.38. The SMILES string of the molecule is CC[C@@H](C(=O)N1CCCCC1)N(c1ccccc1F)S(C)(=O)=O. The van der Waals surface area contributed by atoms with Crippen LogP contribution in [0.25, 0.3) is 0 Å². The highest BCUT2D eigenvalue weighted by molar-refractivity contribution is 7.92. The molecule has 2 rings (SSSR count). The number of hydrogen-bond donors (Lipinski definition) is 0. The lowest BCUT2D eigenvalue weighted by atomic mass is 10.1. The van der Waals surface area contributed by atoms with Gasteiger partial charge in [0.1, 0.15) is 11.9 Å². The van der Waals surface area contributed by atoms with Gasteiger partial charge in [0.2, 0.25) is 15.9 Å². The van der Waals surface area contributed by atoms with Crippen LogP contribution in [0.2, 0.25) is 0 Å². The highest BCUT2D eigenvalue weighted by Crippen LogP contribution is 2.26. The van der Waals surface area contributed by atoms with Crippen molar-refractivity contribution in [2.45, 2.75) is 38.6 Å². The van der Waals surface area contributed by atoms with Gasteiger partial charge in [0.05, 0.1) is 11.9 Å². The van der Waals surface area contributed by atoms with Crippen LogP contribution in [0.1, 0.15) is 32.6 Å². The zero-order chi connectivity index (χ0) is 17.0. The minimum absolute atomic E-state index is 0.0767. The summed E-state index contributed by atoms with van der Waals surface area (Å²) in [6.07, 6.45) is 4.20. The van der Waals surface area contributed by atoms with Gasteiger partial charge in [-0.2, -0.15) is 0 Å². The summed E-state index contributed by atoms with van der Waals surface area (Å²) in [4.78, 5) is 14.5. The van der Waals surface area contributed by atoms with Crippen molar-refractivity contribution < 1.29 is 17.6 Å². The van der Waals surface area contributed by atoms with Gasteiger partial charge in [-0.05, 0) is 37.8 Å². The van der Waals surface area contributed by atoms with Crippen molar-refractivity contribution >= 4 is 21.6 Å². The predicted molar refractivity (Wildman–Crippen MR) is 88.2 cm³/mol. The molecule has 0 aromatic heterocycles. The molecule has 0 aliphatic carbocycles. The molecule has 1 fully saturated rings. The lowest BCUT2D eigenvalue weighted by Gasteiger charge is -2.35. The first kappa shape index (κ1) is 17.7. The molecule has 1 aromatic rings. The first-order chi connectivity index (χ1) is 10.9. The summed E-state index contributed by atoms with van der Waals surface area (Å²) >= 11 is 0. The molecule has 0 bridgehead atoms. The fourth-order valence-corrected chi connectivity index (χ4v) is 4.18. The van der Waals surface area contributed by atoms with Gasteiger partial charge in [0.15, 0.2) is 0 Å². The second-order valence-electron chi connectivity index (χ2n) is 5.82.